The van der Waals surface area contributed by atoms with Gasteiger partial charge in [-0.2, -0.15) is 0 Å². The molecule has 1 aliphatic rings. The molecule has 1 heterocycles. The quantitative estimate of drug-likeness (QED) is 0.830. The Bertz CT molecular complexity index is 572. The maximum Gasteiger partial charge on any atom is 0.147 e. The maximum atomic E-state index is 13.4. The van der Waals surface area contributed by atoms with Crippen molar-refractivity contribution in [3.63, 3.8) is 0 Å². The van der Waals surface area contributed by atoms with Gasteiger partial charge in [0, 0.05) is 18.0 Å². The number of nitrogens with one attached hydrogen (secondary N) is 1. The largest absolute Gasteiger partial charge is 0.314 e. The van der Waals surface area contributed by atoms with Gasteiger partial charge in [0.15, 0.2) is 0 Å². The van der Waals surface area contributed by atoms with E-state index in [1.54, 1.807) is 11.3 Å². The van der Waals surface area contributed by atoms with Crippen molar-refractivity contribution in [3.05, 3.63) is 34.6 Å². The van der Waals surface area contributed by atoms with E-state index in [0.29, 0.717) is 0 Å². The molecule has 3 rings (SSSR count). The highest BCUT2D eigenvalue weighted by atomic mass is 32.1. The van der Waals surface area contributed by atoms with Crippen molar-refractivity contribution in [2.75, 3.05) is 6.54 Å². The van der Waals surface area contributed by atoms with Crippen molar-refractivity contribution < 1.29 is 4.39 Å². The molecule has 0 bridgehead atoms. The van der Waals surface area contributed by atoms with Crippen LogP contribution < -0.4 is 5.32 Å². The molecule has 106 valence electrons. The highest BCUT2D eigenvalue weighted by Crippen LogP contribution is 2.26. The Morgan fingerprint density at radius 3 is 2.90 bits per heavy atom. The summed E-state index contributed by atoms with van der Waals surface area (Å²) >= 11 is 1.56. The normalized spacial score (nSPS) is 14.7. The number of aryl methyl sites for hydroxylation is 2. The van der Waals surface area contributed by atoms with Crippen molar-refractivity contribution in [1.29, 1.82) is 0 Å². The molecule has 0 atom stereocenters. The van der Waals surface area contributed by atoms with E-state index in [-0.39, 0.29) is 5.82 Å². The van der Waals surface area contributed by atoms with Crippen molar-refractivity contribution in [2.45, 2.75) is 38.6 Å². The predicted octanol–water partition coefficient (Wildman–Crippen LogP) is 3.34. The van der Waals surface area contributed by atoms with E-state index in [1.807, 2.05) is 13.0 Å². The molecule has 3 nitrogen and oxygen atoms in total. The second kappa shape index (κ2) is 5.97. The van der Waals surface area contributed by atoms with Crippen LogP contribution in [0.5, 0.6) is 0 Å². The lowest BCUT2D eigenvalue weighted by Crippen LogP contribution is -2.17. The fourth-order valence-electron chi connectivity index (χ4n) is 2.16. The first-order valence-electron chi connectivity index (χ1n) is 7.04. The van der Waals surface area contributed by atoms with Crippen molar-refractivity contribution in [3.8, 4) is 10.6 Å². The maximum absolute atomic E-state index is 13.4. The first-order valence-corrected chi connectivity index (χ1v) is 7.86. The standard InChI is InChI=1S/C15H18FN3S/c1-10-7-11(9-12(16)8-10)15-19-18-14(20-15)3-2-6-17-13-4-5-13/h7-9,13,17H,2-6H2,1H3. The fourth-order valence-corrected chi connectivity index (χ4v) is 3.03. The van der Waals surface area contributed by atoms with E-state index in [2.05, 4.69) is 15.5 Å². The lowest BCUT2D eigenvalue weighted by molar-refractivity contribution is 0.627. The van der Waals surface area contributed by atoms with Gasteiger partial charge in [-0.3, -0.25) is 0 Å². The topological polar surface area (TPSA) is 37.8 Å². The molecule has 1 aromatic carbocycles. The minimum Gasteiger partial charge on any atom is -0.314 e. The van der Waals surface area contributed by atoms with Crippen LogP contribution in [0.2, 0.25) is 0 Å². The molecule has 0 amide bonds. The summed E-state index contributed by atoms with van der Waals surface area (Å²) in [6, 6.07) is 5.75. The zero-order chi connectivity index (χ0) is 13.9. The molecule has 2 aromatic rings. The van der Waals surface area contributed by atoms with Crippen LogP contribution in [0.1, 0.15) is 29.8 Å². The molecule has 1 saturated carbocycles. The molecule has 0 aliphatic heterocycles. The van der Waals surface area contributed by atoms with Gasteiger partial charge in [0.2, 0.25) is 0 Å². The lowest BCUT2D eigenvalue weighted by Gasteiger charge is -2.00. The van der Waals surface area contributed by atoms with Crippen LogP contribution in [0.25, 0.3) is 10.6 Å². The Morgan fingerprint density at radius 2 is 2.15 bits per heavy atom. The van der Waals surface area contributed by atoms with Crippen LogP contribution in [0, 0.1) is 12.7 Å². The summed E-state index contributed by atoms with van der Waals surface area (Å²) in [6.07, 6.45) is 4.66. The molecular weight excluding hydrogens is 273 g/mol. The SMILES string of the molecule is Cc1cc(F)cc(-c2nnc(CCCNC3CC3)s2)c1. The molecule has 0 radical (unpaired) electrons. The van der Waals surface area contributed by atoms with Crippen LogP contribution in [-0.2, 0) is 6.42 Å². The Labute approximate surface area is 122 Å². The van der Waals surface area contributed by atoms with E-state index in [0.717, 1.165) is 46.6 Å². The molecule has 0 unspecified atom stereocenters. The third-order valence-corrected chi connectivity index (χ3v) is 4.37. The highest BCUT2D eigenvalue weighted by Gasteiger charge is 2.19. The number of nitrogens with zero attached hydrogens (tertiary/aromatic N) is 2. The number of hydrogen-bond donors (Lipinski definition) is 1. The Hall–Kier alpha value is -1.33. The van der Waals surface area contributed by atoms with Gasteiger partial charge in [-0.05, 0) is 56.5 Å². The van der Waals surface area contributed by atoms with E-state index in [1.165, 1.54) is 25.0 Å². The number of halogens is 1. The van der Waals surface area contributed by atoms with E-state index in [4.69, 9.17) is 0 Å². The molecule has 1 N–H and O–H groups in total. The smallest absolute Gasteiger partial charge is 0.147 e. The third kappa shape index (κ3) is 3.61. The van der Waals surface area contributed by atoms with E-state index < -0.39 is 0 Å². The number of rotatable bonds is 6. The van der Waals surface area contributed by atoms with Gasteiger partial charge in [-0.1, -0.05) is 11.3 Å². The van der Waals surface area contributed by atoms with Crippen molar-refractivity contribution in [2.24, 2.45) is 0 Å². The van der Waals surface area contributed by atoms with Gasteiger partial charge in [-0.25, -0.2) is 4.39 Å². The van der Waals surface area contributed by atoms with Crippen LogP contribution in [0.15, 0.2) is 18.2 Å². The number of benzene rings is 1. The summed E-state index contributed by atoms with van der Waals surface area (Å²) in [4.78, 5) is 0. The molecule has 20 heavy (non-hydrogen) atoms. The van der Waals surface area contributed by atoms with Crippen LogP contribution >= 0.6 is 11.3 Å². The van der Waals surface area contributed by atoms with Crippen molar-refractivity contribution in [1.82, 2.24) is 15.5 Å². The van der Waals surface area contributed by atoms with Gasteiger partial charge in [-0.15, -0.1) is 10.2 Å². The molecule has 1 aliphatic carbocycles. The summed E-state index contributed by atoms with van der Waals surface area (Å²) in [5.74, 6) is -0.217. The Kier molecular flexibility index (Phi) is 4.08. The molecule has 1 aromatic heterocycles. The highest BCUT2D eigenvalue weighted by molar-refractivity contribution is 7.14. The second-order valence-corrected chi connectivity index (χ2v) is 6.41. The number of aromatic nitrogens is 2. The molecule has 5 heteroatoms. The predicted molar refractivity (Wildman–Crippen MR) is 79.4 cm³/mol. The number of hydrogen-bond acceptors (Lipinski definition) is 4. The van der Waals surface area contributed by atoms with Gasteiger partial charge in [0.25, 0.3) is 0 Å². The van der Waals surface area contributed by atoms with Crippen LogP contribution in [0.4, 0.5) is 4.39 Å². The third-order valence-electron chi connectivity index (χ3n) is 3.33. The van der Waals surface area contributed by atoms with E-state index >= 15 is 0 Å². The van der Waals surface area contributed by atoms with E-state index in [9.17, 15) is 4.39 Å². The minimum atomic E-state index is -0.217. The minimum absolute atomic E-state index is 0.217. The van der Waals surface area contributed by atoms with Crippen molar-refractivity contribution >= 4 is 11.3 Å². The van der Waals surface area contributed by atoms with Gasteiger partial charge < -0.3 is 5.32 Å². The first kappa shape index (κ1) is 13.6. The zero-order valence-electron chi connectivity index (χ0n) is 11.5. The summed E-state index contributed by atoms with van der Waals surface area (Å²) in [7, 11) is 0. The molecule has 0 saturated heterocycles. The van der Waals surface area contributed by atoms with Gasteiger partial charge in [0.1, 0.15) is 15.8 Å². The first-order chi connectivity index (χ1) is 9.70. The monoisotopic (exact) mass is 291 g/mol. The summed E-state index contributed by atoms with van der Waals surface area (Å²) < 4.78 is 13.4. The summed E-state index contributed by atoms with van der Waals surface area (Å²) in [6.45, 7) is 2.93. The Morgan fingerprint density at radius 1 is 1.30 bits per heavy atom. The average molecular weight is 291 g/mol. The molecule has 1 fully saturated rings. The fraction of sp³-hybridized carbons (Fsp3) is 0.467. The van der Waals surface area contributed by atoms with Crippen LogP contribution in [-0.4, -0.2) is 22.8 Å². The average Bonchev–Trinajstić information content (AvgIpc) is 3.10. The second-order valence-electron chi connectivity index (χ2n) is 5.35. The summed E-state index contributed by atoms with van der Waals surface area (Å²) in [5.41, 5.74) is 1.73. The molecular formula is C15H18FN3S. The lowest BCUT2D eigenvalue weighted by atomic mass is 10.1. The Balaban J connectivity index is 1.60. The summed E-state index contributed by atoms with van der Waals surface area (Å²) in [5, 5.41) is 13.7. The van der Waals surface area contributed by atoms with Crippen LogP contribution in [0.3, 0.4) is 0 Å². The zero-order valence-corrected chi connectivity index (χ0v) is 12.3. The molecule has 0 spiro atoms. The van der Waals surface area contributed by atoms with Gasteiger partial charge in [0.05, 0.1) is 0 Å². The van der Waals surface area contributed by atoms with Gasteiger partial charge >= 0.3 is 0 Å².